The highest BCUT2D eigenvalue weighted by Gasteiger charge is 1.99. The van der Waals surface area contributed by atoms with Crippen LogP contribution in [-0.4, -0.2) is 12.1 Å². The summed E-state index contributed by atoms with van der Waals surface area (Å²) in [5.74, 6) is 2.84. The third-order valence-corrected chi connectivity index (χ3v) is 2.54. The predicted octanol–water partition coefficient (Wildman–Crippen LogP) is 4.63. The van der Waals surface area contributed by atoms with Gasteiger partial charge in [-0.15, -0.1) is 0 Å². The molecule has 2 rings (SSSR count). The van der Waals surface area contributed by atoms with Crippen LogP contribution in [0.5, 0.6) is 23.0 Å². The summed E-state index contributed by atoms with van der Waals surface area (Å²) >= 11 is 10.9. The molecule has 0 fully saturated rings. The summed E-state index contributed by atoms with van der Waals surface area (Å²) in [7, 11) is 0. The molecule has 2 aromatic carbocycles. The Labute approximate surface area is 121 Å². The highest BCUT2D eigenvalue weighted by atomic mass is 35.5. The summed E-state index contributed by atoms with van der Waals surface area (Å²) in [5, 5.41) is 0. The van der Waals surface area contributed by atoms with Gasteiger partial charge in [0.05, 0.1) is 0 Å². The summed E-state index contributed by atoms with van der Waals surface area (Å²) in [5.41, 5.74) is 0. The van der Waals surface area contributed by atoms with Gasteiger partial charge in [-0.05, 0) is 48.5 Å². The van der Waals surface area contributed by atoms with Crippen molar-refractivity contribution in [1.29, 1.82) is 0 Å². The van der Waals surface area contributed by atoms with Gasteiger partial charge in [-0.3, -0.25) is 0 Å². The van der Waals surface area contributed by atoms with Gasteiger partial charge in [0.1, 0.15) is 23.0 Å². The fourth-order valence-electron chi connectivity index (χ4n) is 1.47. The third kappa shape index (κ3) is 4.23. The molecular weight excluding hydrogens is 287 g/mol. The molecule has 0 aliphatic carbocycles. The first-order valence-electron chi connectivity index (χ1n) is 5.57. The van der Waals surface area contributed by atoms with E-state index < -0.39 is 0 Å². The Balaban J connectivity index is 1.99. The van der Waals surface area contributed by atoms with Crippen molar-refractivity contribution >= 4 is 23.2 Å². The normalized spacial score (nSPS) is 10.0. The summed E-state index contributed by atoms with van der Waals surface area (Å²) < 4.78 is 15.9. The molecule has 0 N–H and O–H groups in total. The summed E-state index contributed by atoms with van der Waals surface area (Å²) in [6, 6.07) is 14.7. The highest BCUT2D eigenvalue weighted by molar-refractivity contribution is 6.17. The average Bonchev–Trinajstić information content (AvgIpc) is 2.44. The first-order valence-corrected chi connectivity index (χ1v) is 6.64. The van der Waals surface area contributed by atoms with E-state index in [2.05, 4.69) is 0 Å². The van der Waals surface area contributed by atoms with E-state index in [9.17, 15) is 0 Å². The van der Waals surface area contributed by atoms with E-state index >= 15 is 0 Å². The lowest BCUT2D eigenvalue weighted by atomic mass is 10.3. The molecule has 0 radical (unpaired) electrons. The van der Waals surface area contributed by atoms with Gasteiger partial charge in [-0.25, -0.2) is 0 Å². The standard InChI is InChI=1S/C14H12Cl2O3/c15-9-17-11-1-5-13(6-2-11)19-14-7-3-12(4-8-14)18-10-16/h1-8H,9-10H2. The van der Waals surface area contributed by atoms with Crippen molar-refractivity contribution in [1.82, 2.24) is 0 Å². The molecule has 5 heteroatoms. The van der Waals surface area contributed by atoms with Crippen molar-refractivity contribution in [3.05, 3.63) is 48.5 Å². The number of hydrogen-bond donors (Lipinski definition) is 0. The summed E-state index contributed by atoms with van der Waals surface area (Å²) in [4.78, 5) is 0. The van der Waals surface area contributed by atoms with Gasteiger partial charge in [0.15, 0.2) is 12.1 Å². The zero-order chi connectivity index (χ0) is 13.5. The second kappa shape index (κ2) is 7.12. The first kappa shape index (κ1) is 13.8. The largest absolute Gasteiger partial charge is 0.478 e. The number of alkyl halides is 2. The topological polar surface area (TPSA) is 27.7 Å². The molecule has 0 bridgehead atoms. The number of benzene rings is 2. The van der Waals surface area contributed by atoms with Crippen LogP contribution in [0.4, 0.5) is 0 Å². The summed E-state index contributed by atoms with van der Waals surface area (Å²) in [6.07, 6.45) is 0. The quantitative estimate of drug-likeness (QED) is 0.728. The Bertz CT molecular complexity index is 450. The van der Waals surface area contributed by atoms with Crippen LogP contribution in [-0.2, 0) is 0 Å². The van der Waals surface area contributed by atoms with E-state index in [0.717, 1.165) is 0 Å². The van der Waals surface area contributed by atoms with Crippen LogP contribution in [0.1, 0.15) is 0 Å². The Kier molecular flexibility index (Phi) is 5.19. The minimum Gasteiger partial charge on any atom is -0.478 e. The fraction of sp³-hybridized carbons (Fsp3) is 0.143. The lowest BCUT2D eigenvalue weighted by Crippen LogP contribution is -1.90. The summed E-state index contributed by atoms with van der Waals surface area (Å²) in [6.45, 7) is 0. The molecule has 0 spiro atoms. The molecule has 0 amide bonds. The molecule has 0 unspecified atom stereocenters. The molecule has 0 aliphatic heterocycles. The Morgan fingerprint density at radius 3 is 1.21 bits per heavy atom. The molecular formula is C14H12Cl2O3. The van der Waals surface area contributed by atoms with Crippen molar-refractivity contribution in [3.8, 4) is 23.0 Å². The maximum absolute atomic E-state index is 5.67. The maximum atomic E-state index is 5.67. The van der Waals surface area contributed by atoms with Gasteiger partial charge < -0.3 is 14.2 Å². The van der Waals surface area contributed by atoms with Crippen molar-refractivity contribution in [2.45, 2.75) is 0 Å². The van der Waals surface area contributed by atoms with Crippen molar-refractivity contribution in [3.63, 3.8) is 0 Å². The molecule has 100 valence electrons. The molecule has 3 nitrogen and oxygen atoms in total. The van der Waals surface area contributed by atoms with Gasteiger partial charge in [0.2, 0.25) is 0 Å². The van der Waals surface area contributed by atoms with Crippen molar-refractivity contribution < 1.29 is 14.2 Å². The zero-order valence-electron chi connectivity index (χ0n) is 10.0. The van der Waals surface area contributed by atoms with E-state index in [1.54, 1.807) is 24.3 Å². The average molecular weight is 299 g/mol. The van der Waals surface area contributed by atoms with Crippen LogP contribution in [0.15, 0.2) is 48.5 Å². The van der Waals surface area contributed by atoms with E-state index in [-0.39, 0.29) is 12.1 Å². The van der Waals surface area contributed by atoms with Gasteiger partial charge in [-0.2, -0.15) is 0 Å². The molecule has 0 aromatic heterocycles. The monoisotopic (exact) mass is 298 g/mol. The van der Waals surface area contributed by atoms with E-state index in [1.807, 2.05) is 24.3 Å². The maximum Gasteiger partial charge on any atom is 0.162 e. The van der Waals surface area contributed by atoms with Gasteiger partial charge >= 0.3 is 0 Å². The predicted molar refractivity (Wildman–Crippen MR) is 75.7 cm³/mol. The third-order valence-electron chi connectivity index (χ3n) is 2.33. The van der Waals surface area contributed by atoms with Crippen LogP contribution in [0.3, 0.4) is 0 Å². The molecule has 0 atom stereocenters. The first-order chi connectivity index (χ1) is 9.31. The molecule has 2 aromatic rings. The SMILES string of the molecule is ClCOc1ccc(Oc2ccc(OCCl)cc2)cc1. The number of ether oxygens (including phenoxy) is 3. The highest BCUT2D eigenvalue weighted by Crippen LogP contribution is 2.25. The Morgan fingerprint density at radius 2 is 0.895 bits per heavy atom. The van der Waals surface area contributed by atoms with Crippen LogP contribution in [0.2, 0.25) is 0 Å². The number of halogens is 2. The number of rotatable bonds is 6. The van der Waals surface area contributed by atoms with Gasteiger partial charge in [0.25, 0.3) is 0 Å². The van der Waals surface area contributed by atoms with E-state index in [1.165, 1.54) is 0 Å². The molecule has 0 saturated heterocycles. The minimum absolute atomic E-state index is 0.127. The van der Waals surface area contributed by atoms with Crippen molar-refractivity contribution in [2.24, 2.45) is 0 Å². The van der Waals surface area contributed by atoms with Crippen LogP contribution in [0, 0.1) is 0 Å². The van der Waals surface area contributed by atoms with Gasteiger partial charge in [-0.1, -0.05) is 23.2 Å². The van der Waals surface area contributed by atoms with Crippen LogP contribution < -0.4 is 14.2 Å². The van der Waals surface area contributed by atoms with Crippen LogP contribution in [0.25, 0.3) is 0 Å². The second-order valence-corrected chi connectivity index (χ2v) is 3.99. The molecule has 19 heavy (non-hydrogen) atoms. The Hall–Kier alpha value is -1.58. The second-order valence-electron chi connectivity index (χ2n) is 3.55. The Morgan fingerprint density at radius 1 is 0.579 bits per heavy atom. The molecule has 0 heterocycles. The number of hydrogen-bond acceptors (Lipinski definition) is 3. The van der Waals surface area contributed by atoms with Crippen LogP contribution >= 0.6 is 23.2 Å². The zero-order valence-corrected chi connectivity index (χ0v) is 11.5. The van der Waals surface area contributed by atoms with E-state index in [0.29, 0.717) is 23.0 Å². The molecule has 0 aliphatic rings. The van der Waals surface area contributed by atoms with Gasteiger partial charge in [0, 0.05) is 0 Å². The smallest absolute Gasteiger partial charge is 0.162 e. The van der Waals surface area contributed by atoms with E-state index in [4.69, 9.17) is 37.4 Å². The van der Waals surface area contributed by atoms with Crippen molar-refractivity contribution in [2.75, 3.05) is 12.1 Å². The lowest BCUT2D eigenvalue weighted by molar-refractivity contribution is 0.385. The minimum atomic E-state index is 0.127. The molecule has 0 saturated carbocycles. The fourth-order valence-corrected chi connectivity index (χ4v) is 1.72. The lowest BCUT2D eigenvalue weighted by Gasteiger charge is -2.08.